The summed E-state index contributed by atoms with van der Waals surface area (Å²) in [6.07, 6.45) is 2.76. The summed E-state index contributed by atoms with van der Waals surface area (Å²) in [7, 11) is 0. The molecule has 0 saturated heterocycles. The van der Waals surface area contributed by atoms with E-state index in [1.54, 1.807) is 18.2 Å². The minimum Gasteiger partial charge on any atom is -0.504 e. The summed E-state index contributed by atoms with van der Waals surface area (Å²) in [4.78, 5) is 0. The first-order valence-corrected chi connectivity index (χ1v) is 5.89. The third-order valence-corrected chi connectivity index (χ3v) is 2.66. The lowest BCUT2D eigenvalue weighted by molar-refractivity contribution is 0.289. The number of phenols is 1. The zero-order valence-corrected chi connectivity index (χ0v) is 10.2. The lowest BCUT2D eigenvalue weighted by Gasteiger charge is -2.08. The van der Waals surface area contributed by atoms with Crippen LogP contribution in [0.3, 0.4) is 0 Å². The quantitative estimate of drug-likeness (QED) is 0.807. The molecule has 2 rings (SSSR count). The van der Waals surface area contributed by atoms with Crippen molar-refractivity contribution in [1.82, 2.24) is 0 Å². The molecular formula is C16H16O2. The van der Waals surface area contributed by atoms with E-state index in [-0.39, 0.29) is 5.75 Å². The minimum atomic E-state index is 0.167. The van der Waals surface area contributed by atoms with Crippen LogP contribution in [0, 0.1) is 0 Å². The van der Waals surface area contributed by atoms with Gasteiger partial charge in [0.15, 0.2) is 11.5 Å². The van der Waals surface area contributed by atoms with Gasteiger partial charge in [0.1, 0.15) is 6.61 Å². The summed E-state index contributed by atoms with van der Waals surface area (Å²) in [5.74, 6) is 0.674. The van der Waals surface area contributed by atoms with Crippen LogP contribution < -0.4 is 4.74 Å². The Morgan fingerprint density at radius 2 is 1.67 bits per heavy atom. The zero-order chi connectivity index (χ0) is 12.8. The number of hydrogen-bond donors (Lipinski definition) is 1. The summed E-state index contributed by atoms with van der Waals surface area (Å²) < 4.78 is 5.55. The number of para-hydroxylation sites is 2. The first-order valence-electron chi connectivity index (χ1n) is 5.89. The van der Waals surface area contributed by atoms with Crippen LogP contribution in [0.5, 0.6) is 11.5 Å². The number of ether oxygens (including phenoxy) is 1. The topological polar surface area (TPSA) is 29.5 Å². The second-order valence-corrected chi connectivity index (χ2v) is 4.07. The van der Waals surface area contributed by atoms with Gasteiger partial charge in [-0.2, -0.15) is 0 Å². The van der Waals surface area contributed by atoms with Crippen molar-refractivity contribution in [2.45, 2.75) is 13.0 Å². The van der Waals surface area contributed by atoms with Gasteiger partial charge in [0.25, 0.3) is 0 Å². The molecule has 0 aromatic heterocycles. The summed E-state index contributed by atoms with van der Waals surface area (Å²) in [5, 5.41) is 9.57. The van der Waals surface area contributed by atoms with Gasteiger partial charge in [0.2, 0.25) is 0 Å². The first-order chi connectivity index (χ1) is 8.79. The molecule has 0 atom stereocenters. The van der Waals surface area contributed by atoms with Gasteiger partial charge in [0.05, 0.1) is 0 Å². The minimum absolute atomic E-state index is 0.167. The second kappa shape index (κ2) is 5.92. The molecule has 0 aliphatic carbocycles. The average molecular weight is 240 g/mol. The summed E-state index contributed by atoms with van der Waals surface area (Å²) >= 11 is 0. The van der Waals surface area contributed by atoms with Crippen LogP contribution in [0.15, 0.2) is 61.2 Å². The van der Waals surface area contributed by atoms with Crippen LogP contribution >= 0.6 is 0 Å². The number of hydrogen-bond acceptors (Lipinski definition) is 2. The van der Waals surface area contributed by atoms with E-state index in [0.29, 0.717) is 12.4 Å². The SMILES string of the molecule is C=CCc1ccc(COc2ccccc2O)cc1. The summed E-state index contributed by atoms with van der Waals surface area (Å²) in [5.41, 5.74) is 2.31. The van der Waals surface area contributed by atoms with Crippen LogP contribution in [0.1, 0.15) is 11.1 Å². The number of rotatable bonds is 5. The molecule has 0 bridgehead atoms. The first kappa shape index (κ1) is 12.2. The molecule has 1 N–H and O–H groups in total. The van der Waals surface area contributed by atoms with Gasteiger partial charge in [-0.25, -0.2) is 0 Å². The van der Waals surface area contributed by atoms with Gasteiger partial charge >= 0.3 is 0 Å². The van der Waals surface area contributed by atoms with Crippen molar-refractivity contribution in [3.8, 4) is 11.5 Å². The predicted molar refractivity (Wildman–Crippen MR) is 72.8 cm³/mol. The molecule has 18 heavy (non-hydrogen) atoms. The highest BCUT2D eigenvalue weighted by Crippen LogP contribution is 2.25. The molecular weight excluding hydrogens is 224 g/mol. The van der Waals surface area contributed by atoms with E-state index in [1.807, 2.05) is 24.3 Å². The maximum Gasteiger partial charge on any atom is 0.161 e. The molecule has 0 fully saturated rings. The molecule has 2 aromatic carbocycles. The zero-order valence-electron chi connectivity index (χ0n) is 10.2. The molecule has 0 unspecified atom stereocenters. The Morgan fingerprint density at radius 3 is 2.33 bits per heavy atom. The van der Waals surface area contributed by atoms with E-state index in [0.717, 1.165) is 12.0 Å². The smallest absolute Gasteiger partial charge is 0.161 e. The number of allylic oxidation sites excluding steroid dienone is 1. The molecule has 2 heteroatoms. The van der Waals surface area contributed by atoms with Crippen LogP contribution in [0.4, 0.5) is 0 Å². The maximum absolute atomic E-state index is 9.57. The molecule has 0 radical (unpaired) electrons. The highest BCUT2D eigenvalue weighted by atomic mass is 16.5. The van der Waals surface area contributed by atoms with E-state index in [2.05, 4.69) is 18.7 Å². The molecule has 92 valence electrons. The predicted octanol–water partition coefficient (Wildman–Crippen LogP) is 3.70. The van der Waals surface area contributed by atoms with Crippen molar-refractivity contribution in [2.75, 3.05) is 0 Å². The van der Waals surface area contributed by atoms with Crippen molar-refractivity contribution in [1.29, 1.82) is 0 Å². The lowest BCUT2D eigenvalue weighted by atomic mass is 10.1. The van der Waals surface area contributed by atoms with Gasteiger partial charge in [-0.1, -0.05) is 42.5 Å². The second-order valence-electron chi connectivity index (χ2n) is 4.07. The van der Waals surface area contributed by atoms with Gasteiger partial charge in [-0.15, -0.1) is 6.58 Å². The van der Waals surface area contributed by atoms with E-state index >= 15 is 0 Å². The van der Waals surface area contributed by atoms with Crippen molar-refractivity contribution in [3.05, 3.63) is 72.3 Å². The van der Waals surface area contributed by atoms with E-state index in [4.69, 9.17) is 4.74 Å². The van der Waals surface area contributed by atoms with E-state index < -0.39 is 0 Å². The van der Waals surface area contributed by atoms with Gasteiger partial charge in [0, 0.05) is 0 Å². The highest BCUT2D eigenvalue weighted by molar-refractivity contribution is 5.38. The molecule has 2 nitrogen and oxygen atoms in total. The van der Waals surface area contributed by atoms with Gasteiger partial charge < -0.3 is 9.84 Å². The van der Waals surface area contributed by atoms with Crippen molar-refractivity contribution < 1.29 is 9.84 Å². The van der Waals surface area contributed by atoms with Gasteiger partial charge in [-0.05, 0) is 29.7 Å². The fourth-order valence-electron chi connectivity index (χ4n) is 1.68. The number of aromatic hydroxyl groups is 1. The fourth-order valence-corrected chi connectivity index (χ4v) is 1.68. The van der Waals surface area contributed by atoms with Crippen molar-refractivity contribution >= 4 is 0 Å². The van der Waals surface area contributed by atoms with Crippen molar-refractivity contribution in [2.24, 2.45) is 0 Å². The number of phenolic OH excluding ortho intramolecular Hbond substituents is 1. The molecule has 0 aliphatic rings. The molecule has 0 heterocycles. The van der Waals surface area contributed by atoms with Crippen molar-refractivity contribution in [3.63, 3.8) is 0 Å². The maximum atomic E-state index is 9.57. The molecule has 0 amide bonds. The lowest BCUT2D eigenvalue weighted by Crippen LogP contribution is -1.95. The molecule has 0 aliphatic heterocycles. The highest BCUT2D eigenvalue weighted by Gasteiger charge is 2.01. The largest absolute Gasteiger partial charge is 0.504 e. The molecule has 0 spiro atoms. The standard InChI is InChI=1S/C16H16O2/c1-2-5-13-8-10-14(11-9-13)12-18-16-7-4-3-6-15(16)17/h2-4,6-11,17H,1,5,12H2. The summed E-state index contributed by atoms with van der Waals surface area (Å²) in [6.45, 7) is 4.16. The van der Waals surface area contributed by atoms with Crippen LogP contribution in [-0.2, 0) is 13.0 Å². The van der Waals surface area contributed by atoms with Crippen LogP contribution in [-0.4, -0.2) is 5.11 Å². The Balaban J connectivity index is 1.98. The van der Waals surface area contributed by atoms with E-state index in [1.165, 1.54) is 5.56 Å². The Bertz CT molecular complexity index is 515. The van der Waals surface area contributed by atoms with Gasteiger partial charge in [-0.3, -0.25) is 0 Å². The Labute approximate surface area is 107 Å². The summed E-state index contributed by atoms with van der Waals surface area (Å²) in [6, 6.07) is 15.1. The Morgan fingerprint density at radius 1 is 1.00 bits per heavy atom. The molecule has 0 saturated carbocycles. The monoisotopic (exact) mass is 240 g/mol. The Kier molecular flexibility index (Phi) is 4.02. The van der Waals surface area contributed by atoms with Crippen LogP contribution in [0.2, 0.25) is 0 Å². The fraction of sp³-hybridized carbons (Fsp3) is 0.125. The van der Waals surface area contributed by atoms with Crippen LogP contribution in [0.25, 0.3) is 0 Å². The third kappa shape index (κ3) is 3.14. The Hall–Kier alpha value is -2.22. The van der Waals surface area contributed by atoms with E-state index in [9.17, 15) is 5.11 Å². The number of benzene rings is 2. The normalized spacial score (nSPS) is 10.0. The molecule has 2 aromatic rings. The average Bonchev–Trinajstić information content (AvgIpc) is 2.40. The third-order valence-electron chi connectivity index (χ3n) is 2.66.